The number of methoxy groups -OCH3 is 1. The number of halogens is 1. The SMILES string of the molecule is COc1ccc(-n2ncc(C=O)c2F)cc1. The molecule has 2 rings (SSSR count). The predicted molar refractivity (Wildman–Crippen MR) is 55.5 cm³/mol. The van der Waals surface area contributed by atoms with E-state index >= 15 is 0 Å². The number of nitrogens with zero attached hydrogens (tertiary/aromatic N) is 2. The highest BCUT2D eigenvalue weighted by Crippen LogP contribution is 2.16. The Morgan fingerprint density at radius 1 is 1.38 bits per heavy atom. The van der Waals surface area contributed by atoms with Crippen LogP contribution in [0.5, 0.6) is 5.75 Å². The number of aromatic nitrogens is 2. The summed E-state index contributed by atoms with van der Waals surface area (Å²) in [7, 11) is 1.55. The van der Waals surface area contributed by atoms with Gasteiger partial charge in [0.25, 0.3) is 0 Å². The van der Waals surface area contributed by atoms with Crippen LogP contribution in [0.1, 0.15) is 10.4 Å². The average Bonchev–Trinajstić information content (AvgIpc) is 2.70. The molecule has 0 radical (unpaired) electrons. The molecule has 0 spiro atoms. The maximum Gasteiger partial charge on any atom is 0.226 e. The highest BCUT2D eigenvalue weighted by Gasteiger charge is 2.10. The molecule has 0 aliphatic rings. The van der Waals surface area contributed by atoms with Crippen molar-refractivity contribution in [3.8, 4) is 11.4 Å². The molecule has 0 N–H and O–H groups in total. The number of hydrogen-bond acceptors (Lipinski definition) is 3. The first-order valence-electron chi connectivity index (χ1n) is 4.59. The first-order valence-corrected chi connectivity index (χ1v) is 4.59. The normalized spacial score (nSPS) is 10.1. The molecular formula is C11H9FN2O2. The zero-order chi connectivity index (χ0) is 11.5. The van der Waals surface area contributed by atoms with Gasteiger partial charge in [-0.25, -0.2) is 4.68 Å². The van der Waals surface area contributed by atoms with E-state index in [2.05, 4.69) is 5.10 Å². The molecule has 0 saturated heterocycles. The van der Waals surface area contributed by atoms with Crippen molar-refractivity contribution in [3.63, 3.8) is 0 Å². The molecule has 16 heavy (non-hydrogen) atoms. The fraction of sp³-hybridized carbons (Fsp3) is 0.0909. The third kappa shape index (κ3) is 1.67. The molecule has 0 bridgehead atoms. The second-order valence-corrected chi connectivity index (χ2v) is 3.12. The standard InChI is InChI=1S/C11H9FN2O2/c1-16-10-4-2-9(3-5-10)14-11(12)8(7-15)6-13-14/h2-7H,1H3. The van der Waals surface area contributed by atoms with Crippen molar-refractivity contribution in [1.29, 1.82) is 0 Å². The Bertz CT molecular complexity index is 505. The summed E-state index contributed by atoms with van der Waals surface area (Å²) in [5, 5.41) is 3.78. The van der Waals surface area contributed by atoms with E-state index < -0.39 is 5.95 Å². The lowest BCUT2D eigenvalue weighted by atomic mass is 10.3. The molecule has 82 valence electrons. The first kappa shape index (κ1) is 10.4. The molecule has 1 heterocycles. The molecule has 0 unspecified atom stereocenters. The van der Waals surface area contributed by atoms with Gasteiger partial charge in [0, 0.05) is 0 Å². The third-order valence-corrected chi connectivity index (χ3v) is 2.18. The fourth-order valence-electron chi connectivity index (χ4n) is 1.33. The van der Waals surface area contributed by atoms with Gasteiger partial charge >= 0.3 is 0 Å². The second-order valence-electron chi connectivity index (χ2n) is 3.12. The summed E-state index contributed by atoms with van der Waals surface area (Å²) in [5.41, 5.74) is 0.474. The highest BCUT2D eigenvalue weighted by atomic mass is 19.1. The van der Waals surface area contributed by atoms with E-state index in [0.29, 0.717) is 17.7 Å². The molecule has 0 amide bonds. The molecule has 4 nitrogen and oxygen atoms in total. The van der Waals surface area contributed by atoms with Crippen LogP contribution in [0.2, 0.25) is 0 Å². The van der Waals surface area contributed by atoms with Crippen LogP contribution >= 0.6 is 0 Å². The number of ether oxygens (including phenoxy) is 1. The monoisotopic (exact) mass is 220 g/mol. The number of carbonyl (C=O) groups excluding carboxylic acids is 1. The lowest BCUT2D eigenvalue weighted by molar-refractivity contribution is 0.111. The summed E-state index contributed by atoms with van der Waals surface area (Å²) in [4.78, 5) is 10.5. The minimum absolute atomic E-state index is 0.0594. The lowest BCUT2D eigenvalue weighted by Crippen LogP contribution is -2.00. The Labute approximate surface area is 91.3 Å². The van der Waals surface area contributed by atoms with Crippen LogP contribution in [0.15, 0.2) is 30.5 Å². The van der Waals surface area contributed by atoms with E-state index in [4.69, 9.17) is 4.74 Å². The Morgan fingerprint density at radius 2 is 2.06 bits per heavy atom. The van der Waals surface area contributed by atoms with Gasteiger partial charge in [-0.1, -0.05) is 0 Å². The largest absolute Gasteiger partial charge is 0.497 e. The molecular weight excluding hydrogens is 211 g/mol. The van der Waals surface area contributed by atoms with Crippen molar-refractivity contribution in [2.75, 3.05) is 7.11 Å². The Kier molecular flexibility index (Phi) is 2.68. The second kappa shape index (κ2) is 4.14. The Balaban J connectivity index is 2.42. The van der Waals surface area contributed by atoms with Crippen molar-refractivity contribution >= 4 is 6.29 Å². The highest BCUT2D eigenvalue weighted by molar-refractivity contribution is 5.74. The molecule has 0 aliphatic heterocycles. The van der Waals surface area contributed by atoms with Gasteiger partial charge in [-0.3, -0.25) is 4.79 Å². The summed E-state index contributed by atoms with van der Waals surface area (Å²) in [6, 6.07) is 6.70. The van der Waals surface area contributed by atoms with Gasteiger partial charge in [0.2, 0.25) is 5.95 Å². The predicted octanol–water partition coefficient (Wildman–Crippen LogP) is 1.83. The van der Waals surface area contributed by atoms with Crippen LogP contribution < -0.4 is 4.74 Å². The lowest BCUT2D eigenvalue weighted by Gasteiger charge is -2.03. The maximum absolute atomic E-state index is 13.5. The van der Waals surface area contributed by atoms with Gasteiger partial charge in [-0.05, 0) is 24.3 Å². The van der Waals surface area contributed by atoms with Crippen molar-refractivity contribution < 1.29 is 13.9 Å². The zero-order valence-electron chi connectivity index (χ0n) is 8.55. The van der Waals surface area contributed by atoms with Gasteiger partial charge in [0.15, 0.2) is 6.29 Å². The van der Waals surface area contributed by atoms with E-state index in [0.717, 1.165) is 4.68 Å². The minimum atomic E-state index is -0.667. The molecule has 0 fully saturated rings. The Hall–Kier alpha value is -2.17. The van der Waals surface area contributed by atoms with Crippen LogP contribution in [0, 0.1) is 5.95 Å². The van der Waals surface area contributed by atoms with Crippen LogP contribution in [-0.4, -0.2) is 23.2 Å². The smallest absolute Gasteiger partial charge is 0.226 e. The van der Waals surface area contributed by atoms with Gasteiger partial charge in [-0.15, -0.1) is 0 Å². The molecule has 1 aromatic heterocycles. The Morgan fingerprint density at radius 3 is 2.56 bits per heavy atom. The van der Waals surface area contributed by atoms with E-state index in [1.165, 1.54) is 6.20 Å². The van der Waals surface area contributed by atoms with Crippen molar-refractivity contribution in [3.05, 3.63) is 42.0 Å². The summed E-state index contributed by atoms with van der Waals surface area (Å²) in [6.07, 6.45) is 1.62. The molecule has 5 heteroatoms. The van der Waals surface area contributed by atoms with Gasteiger partial charge in [0.05, 0.1) is 24.6 Å². The van der Waals surface area contributed by atoms with Crippen LogP contribution in [0.3, 0.4) is 0 Å². The van der Waals surface area contributed by atoms with E-state index in [-0.39, 0.29) is 5.56 Å². The van der Waals surface area contributed by atoms with E-state index in [1.54, 1.807) is 31.4 Å². The molecule has 0 aliphatic carbocycles. The van der Waals surface area contributed by atoms with Gasteiger partial charge < -0.3 is 4.74 Å². The molecule has 0 atom stereocenters. The van der Waals surface area contributed by atoms with Crippen LogP contribution in [0.25, 0.3) is 5.69 Å². The number of carbonyl (C=O) groups is 1. The topological polar surface area (TPSA) is 44.1 Å². The molecule has 2 aromatic rings. The zero-order valence-corrected chi connectivity index (χ0v) is 8.55. The first-order chi connectivity index (χ1) is 7.76. The average molecular weight is 220 g/mol. The summed E-state index contributed by atoms with van der Waals surface area (Å²) < 4.78 is 19.6. The number of benzene rings is 1. The number of aldehydes is 1. The van der Waals surface area contributed by atoms with Gasteiger partial charge in [0.1, 0.15) is 5.75 Å². The van der Waals surface area contributed by atoms with Crippen molar-refractivity contribution in [2.45, 2.75) is 0 Å². The fourth-order valence-corrected chi connectivity index (χ4v) is 1.33. The van der Waals surface area contributed by atoms with E-state index in [9.17, 15) is 9.18 Å². The third-order valence-electron chi connectivity index (χ3n) is 2.18. The summed E-state index contributed by atoms with van der Waals surface area (Å²) in [5.74, 6) is 0.00657. The van der Waals surface area contributed by atoms with Gasteiger partial charge in [-0.2, -0.15) is 9.49 Å². The quantitative estimate of drug-likeness (QED) is 0.741. The minimum Gasteiger partial charge on any atom is -0.497 e. The van der Waals surface area contributed by atoms with Crippen molar-refractivity contribution in [2.24, 2.45) is 0 Å². The summed E-state index contributed by atoms with van der Waals surface area (Å²) >= 11 is 0. The van der Waals surface area contributed by atoms with E-state index in [1.807, 2.05) is 0 Å². The number of hydrogen-bond donors (Lipinski definition) is 0. The number of rotatable bonds is 3. The van der Waals surface area contributed by atoms with Crippen LogP contribution in [-0.2, 0) is 0 Å². The van der Waals surface area contributed by atoms with Crippen LogP contribution in [0.4, 0.5) is 4.39 Å². The molecule has 0 saturated carbocycles. The van der Waals surface area contributed by atoms with Crippen molar-refractivity contribution in [1.82, 2.24) is 9.78 Å². The summed E-state index contributed by atoms with van der Waals surface area (Å²) in [6.45, 7) is 0. The maximum atomic E-state index is 13.5. The molecule has 1 aromatic carbocycles.